The van der Waals surface area contributed by atoms with Crippen LogP contribution in [0.2, 0.25) is 0 Å². The van der Waals surface area contributed by atoms with Gasteiger partial charge in [-0.25, -0.2) is 4.98 Å². The maximum absolute atomic E-state index is 12.0. The molecule has 96 valence electrons. The molecule has 0 saturated carbocycles. The van der Waals surface area contributed by atoms with Crippen molar-refractivity contribution >= 4 is 0 Å². The van der Waals surface area contributed by atoms with Crippen LogP contribution in [0.5, 0.6) is 5.75 Å². The molecule has 5 heteroatoms. The summed E-state index contributed by atoms with van der Waals surface area (Å²) in [5.74, 6) is 2.12. The molecule has 2 rings (SSSR count). The third-order valence-corrected chi connectivity index (χ3v) is 2.33. The summed E-state index contributed by atoms with van der Waals surface area (Å²) in [7, 11) is 0. The second kappa shape index (κ2) is 5.02. The minimum atomic E-state index is -4.68. The molecule has 0 fully saturated rings. The van der Waals surface area contributed by atoms with E-state index in [9.17, 15) is 13.2 Å². The van der Waals surface area contributed by atoms with Gasteiger partial charge in [-0.1, -0.05) is 24.1 Å². The average Bonchev–Trinajstić information content (AvgIpc) is 2.38. The quantitative estimate of drug-likeness (QED) is 0.772. The summed E-state index contributed by atoms with van der Waals surface area (Å²) in [5, 5.41) is 0. The van der Waals surface area contributed by atoms with E-state index in [1.54, 1.807) is 18.3 Å². The summed E-state index contributed by atoms with van der Waals surface area (Å²) in [5.41, 5.74) is 1.99. The van der Waals surface area contributed by atoms with Crippen LogP contribution >= 0.6 is 0 Å². The van der Waals surface area contributed by atoms with E-state index in [1.807, 2.05) is 0 Å². The monoisotopic (exact) mass is 263 g/mol. The number of aromatic nitrogens is 1. The van der Waals surface area contributed by atoms with Crippen LogP contribution in [0.1, 0.15) is 5.69 Å². The van der Waals surface area contributed by atoms with Crippen LogP contribution in [0.4, 0.5) is 13.2 Å². The van der Waals surface area contributed by atoms with Crippen molar-refractivity contribution in [3.05, 3.63) is 48.3 Å². The molecule has 1 aromatic carbocycles. The molecule has 19 heavy (non-hydrogen) atoms. The van der Waals surface area contributed by atoms with Crippen LogP contribution < -0.4 is 4.74 Å². The molecular weight excluding hydrogens is 255 g/mol. The average molecular weight is 263 g/mol. The Morgan fingerprint density at radius 2 is 1.63 bits per heavy atom. The molecule has 1 aromatic heterocycles. The molecule has 0 aliphatic carbocycles. The van der Waals surface area contributed by atoms with E-state index in [0.717, 1.165) is 11.1 Å². The number of ether oxygens (including phenoxy) is 1. The van der Waals surface area contributed by atoms with Gasteiger partial charge < -0.3 is 4.74 Å². The molecule has 0 saturated heterocycles. The van der Waals surface area contributed by atoms with Crippen molar-refractivity contribution in [2.45, 2.75) is 6.36 Å². The van der Waals surface area contributed by atoms with E-state index in [4.69, 9.17) is 6.42 Å². The Morgan fingerprint density at radius 1 is 1.00 bits per heavy atom. The maximum Gasteiger partial charge on any atom is 0.573 e. The molecule has 2 aromatic rings. The first-order valence-electron chi connectivity index (χ1n) is 5.27. The summed E-state index contributed by atoms with van der Waals surface area (Å²) in [4.78, 5) is 4.01. The standard InChI is InChI=1S/C14H8F3NO/c1-2-12-6-3-11(9-18-12)10-4-7-13(8-5-10)19-14(15,16)17/h1,3-9H. The highest BCUT2D eigenvalue weighted by atomic mass is 19.4. The third-order valence-electron chi connectivity index (χ3n) is 2.33. The van der Waals surface area contributed by atoms with Crippen molar-refractivity contribution in [3.63, 3.8) is 0 Å². The molecule has 2 nitrogen and oxygen atoms in total. The van der Waals surface area contributed by atoms with Gasteiger partial charge in [0, 0.05) is 11.8 Å². The lowest BCUT2D eigenvalue weighted by Crippen LogP contribution is -2.16. The Kier molecular flexibility index (Phi) is 3.43. The normalized spacial score (nSPS) is 10.8. The molecule has 0 atom stereocenters. The summed E-state index contributed by atoms with van der Waals surface area (Å²) in [6, 6.07) is 8.95. The summed E-state index contributed by atoms with van der Waals surface area (Å²) in [6.07, 6.45) is 2.06. The lowest BCUT2D eigenvalue weighted by atomic mass is 10.1. The lowest BCUT2D eigenvalue weighted by molar-refractivity contribution is -0.274. The Labute approximate surface area is 107 Å². The van der Waals surface area contributed by atoms with Crippen molar-refractivity contribution in [1.82, 2.24) is 4.98 Å². The molecule has 1 heterocycles. The lowest BCUT2D eigenvalue weighted by Gasteiger charge is -2.09. The Morgan fingerprint density at radius 3 is 2.11 bits per heavy atom. The van der Waals surface area contributed by atoms with Gasteiger partial charge in [0.1, 0.15) is 11.4 Å². The topological polar surface area (TPSA) is 22.1 Å². The number of halogens is 3. The molecule has 0 aliphatic heterocycles. The van der Waals surface area contributed by atoms with E-state index in [0.29, 0.717) is 5.69 Å². The molecular formula is C14H8F3NO. The van der Waals surface area contributed by atoms with Crippen molar-refractivity contribution in [1.29, 1.82) is 0 Å². The van der Waals surface area contributed by atoms with E-state index in [1.165, 1.54) is 24.3 Å². The number of alkyl halides is 3. The van der Waals surface area contributed by atoms with Crippen molar-refractivity contribution in [2.24, 2.45) is 0 Å². The van der Waals surface area contributed by atoms with Crippen LogP contribution in [0.15, 0.2) is 42.6 Å². The van der Waals surface area contributed by atoms with Gasteiger partial charge in [-0.3, -0.25) is 0 Å². The number of terminal acetylenes is 1. The zero-order valence-corrected chi connectivity index (χ0v) is 9.61. The van der Waals surface area contributed by atoms with Gasteiger partial charge in [-0.15, -0.1) is 19.6 Å². The number of hydrogen-bond acceptors (Lipinski definition) is 2. The minimum Gasteiger partial charge on any atom is -0.406 e. The fourth-order valence-corrected chi connectivity index (χ4v) is 1.50. The number of benzene rings is 1. The van der Waals surface area contributed by atoms with E-state index < -0.39 is 6.36 Å². The third kappa shape index (κ3) is 3.49. The summed E-state index contributed by atoms with van der Waals surface area (Å²) >= 11 is 0. The van der Waals surface area contributed by atoms with Gasteiger partial charge in [0.25, 0.3) is 0 Å². The number of rotatable bonds is 2. The molecule has 0 bridgehead atoms. The predicted octanol–water partition coefficient (Wildman–Crippen LogP) is 3.63. The van der Waals surface area contributed by atoms with Crippen LogP contribution in [-0.2, 0) is 0 Å². The van der Waals surface area contributed by atoms with Gasteiger partial charge in [0.15, 0.2) is 0 Å². The Bertz CT molecular complexity index is 595. The van der Waals surface area contributed by atoms with E-state index >= 15 is 0 Å². The summed E-state index contributed by atoms with van der Waals surface area (Å²) in [6.45, 7) is 0. The highest BCUT2D eigenvalue weighted by molar-refractivity contribution is 5.63. The zero-order valence-electron chi connectivity index (χ0n) is 9.61. The molecule has 0 spiro atoms. The fourth-order valence-electron chi connectivity index (χ4n) is 1.50. The van der Waals surface area contributed by atoms with Gasteiger partial charge in [-0.05, 0) is 23.8 Å². The molecule has 0 aliphatic rings. The maximum atomic E-state index is 12.0. The van der Waals surface area contributed by atoms with Gasteiger partial charge >= 0.3 is 6.36 Å². The van der Waals surface area contributed by atoms with Crippen molar-refractivity contribution < 1.29 is 17.9 Å². The smallest absolute Gasteiger partial charge is 0.406 e. The number of nitrogens with zero attached hydrogens (tertiary/aromatic N) is 1. The van der Waals surface area contributed by atoms with Crippen molar-refractivity contribution in [3.8, 4) is 29.2 Å². The highest BCUT2D eigenvalue weighted by Crippen LogP contribution is 2.26. The minimum absolute atomic E-state index is 0.260. The molecule has 0 radical (unpaired) electrons. The Balaban J connectivity index is 2.20. The number of hydrogen-bond donors (Lipinski definition) is 0. The molecule has 0 amide bonds. The zero-order chi connectivity index (χ0) is 13.9. The number of pyridine rings is 1. The van der Waals surface area contributed by atoms with Crippen LogP contribution in [-0.4, -0.2) is 11.3 Å². The first-order valence-corrected chi connectivity index (χ1v) is 5.27. The first kappa shape index (κ1) is 13.0. The van der Waals surface area contributed by atoms with Gasteiger partial charge in [0.05, 0.1) is 0 Å². The van der Waals surface area contributed by atoms with Gasteiger partial charge in [0.2, 0.25) is 0 Å². The molecule has 0 unspecified atom stereocenters. The second-order valence-electron chi connectivity index (χ2n) is 3.65. The van der Waals surface area contributed by atoms with E-state index in [-0.39, 0.29) is 5.75 Å². The summed E-state index contributed by atoms with van der Waals surface area (Å²) < 4.78 is 39.8. The highest BCUT2D eigenvalue weighted by Gasteiger charge is 2.30. The Hall–Kier alpha value is -2.48. The molecule has 0 N–H and O–H groups in total. The van der Waals surface area contributed by atoms with Crippen LogP contribution in [0.3, 0.4) is 0 Å². The van der Waals surface area contributed by atoms with Gasteiger partial charge in [-0.2, -0.15) is 0 Å². The predicted molar refractivity (Wildman–Crippen MR) is 64.3 cm³/mol. The largest absolute Gasteiger partial charge is 0.573 e. The van der Waals surface area contributed by atoms with E-state index in [2.05, 4.69) is 15.6 Å². The van der Waals surface area contributed by atoms with Crippen molar-refractivity contribution in [2.75, 3.05) is 0 Å². The first-order chi connectivity index (χ1) is 8.98. The van der Waals surface area contributed by atoms with Crippen LogP contribution in [0.25, 0.3) is 11.1 Å². The second-order valence-corrected chi connectivity index (χ2v) is 3.65. The fraction of sp³-hybridized carbons (Fsp3) is 0.0714. The van der Waals surface area contributed by atoms with Crippen LogP contribution in [0, 0.1) is 12.3 Å². The SMILES string of the molecule is C#Cc1ccc(-c2ccc(OC(F)(F)F)cc2)cn1.